The average molecular weight is 668 g/mol. The first-order chi connectivity index (χ1) is 21.3. The predicted molar refractivity (Wildman–Crippen MR) is 163 cm³/mol. The van der Waals surface area contributed by atoms with Gasteiger partial charge in [0.2, 0.25) is 27.7 Å². The second kappa shape index (κ2) is 13.1. The normalized spacial score (nSPS) is 23.3. The molecule has 2 aliphatic heterocycles. The molecular formula is C29H36ClF2N7O5S. The predicted octanol–water partition coefficient (Wildman–Crippen LogP) is 1.81. The van der Waals surface area contributed by atoms with E-state index in [1.54, 1.807) is 17.0 Å². The Balaban J connectivity index is 1.21. The van der Waals surface area contributed by atoms with Gasteiger partial charge in [-0.1, -0.05) is 11.6 Å². The third kappa shape index (κ3) is 7.21. The zero-order valence-electron chi connectivity index (χ0n) is 24.5. The number of rotatable bonds is 9. The van der Waals surface area contributed by atoms with E-state index >= 15 is 8.78 Å². The Bertz CT molecular complexity index is 1550. The van der Waals surface area contributed by atoms with Gasteiger partial charge in [-0.05, 0) is 62.1 Å². The van der Waals surface area contributed by atoms with E-state index in [1.165, 1.54) is 27.4 Å². The molecule has 16 heteroatoms. The van der Waals surface area contributed by atoms with Gasteiger partial charge in [0, 0.05) is 68.3 Å². The van der Waals surface area contributed by atoms with Crippen molar-refractivity contribution in [3.8, 4) is 0 Å². The summed E-state index contributed by atoms with van der Waals surface area (Å²) in [7, 11) is -3.84. The number of amides is 3. The van der Waals surface area contributed by atoms with Gasteiger partial charge in [0.05, 0.1) is 11.4 Å². The number of hydrogen-bond donors (Lipinski definition) is 3. The van der Waals surface area contributed by atoms with Crippen molar-refractivity contribution in [3.05, 3.63) is 47.1 Å². The van der Waals surface area contributed by atoms with Crippen LogP contribution in [0.4, 0.5) is 20.3 Å². The lowest BCUT2D eigenvalue weighted by Gasteiger charge is -2.36. The van der Waals surface area contributed by atoms with Crippen molar-refractivity contribution in [2.24, 2.45) is 23.3 Å². The number of nitrogens with two attached hydrogens (primary N) is 2. The fourth-order valence-corrected chi connectivity index (χ4v) is 7.83. The van der Waals surface area contributed by atoms with Crippen molar-refractivity contribution < 1.29 is 31.6 Å². The molecule has 3 fully saturated rings. The third-order valence-electron chi connectivity index (χ3n) is 8.72. The number of anilines is 2. The van der Waals surface area contributed by atoms with E-state index in [4.69, 9.17) is 23.1 Å². The lowest BCUT2D eigenvalue weighted by atomic mass is 9.77. The molecule has 5 rings (SSSR count). The van der Waals surface area contributed by atoms with Gasteiger partial charge in [0.15, 0.2) is 0 Å². The molecule has 1 atom stereocenters. The molecule has 12 nitrogen and oxygen atoms in total. The van der Waals surface area contributed by atoms with Crippen LogP contribution in [-0.4, -0.2) is 80.7 Å². The van der Waals surface area contributed by atoms with Crippen molar-refractivity contribution in [1.82, 2.24) is 14.6 Å². The fraction of sp³-hybridized carbons (Fsp3) is 0.517. The maximum Gasteiger partial charge on any atom is 0.276 e. The number of primary amides is 1. The SMILES string of the molecule is NC(=O)CNC(=O)[C@H]1CC[C@@H](C(F)(F)c2cc(Cl)nc(N3CCN(S(=O)(=O)c4ccc(N5C[C@H](N)CC5=O)cc4)CC3)c2)CC1. The highest BCUT2D eigenvalue weighted by Gasteiger charge is 2.44. The van der Waals surface area contributed by atoms with Crippen LogP contribution in [0.2, 0.25) is 5.15 Å². The van der Waals surface area contributed by atoms with Crippen LogP contribution in [0.15, 0.2) is 41.3 Å². The van der Waals surface area contributed by atoms with Crippen LogP contribution in [-0.2, 0) is 30.3 Å². The highest BCUT2D eigenvalue weighted by molar-refractivity contribution is 7.89. The standard InChI is InChI=1S/C29H36ClF2N7O5S/c30-24-13-20(29(31,32)19-3-1-18(2-4-19)28(42)35-16-25(34)40)14-26(36-24)37-9-11-38(12-10-37)45(43,44)23-7-5-22(6-8-23)39-17-21(33)15-27(39)41/h5-8,13-14,18-19,21H,1-4,9-12,15-17,33H2,(H2,34,40)(H,35,42)/t18-,19+,21-/m1/s1. The van der Waals surface area contributed by atoms with E-state index in [0.717, 1.165) is 6.07 Å². The van der Waals surface area contributed by atoms with Crippen LogP contribution in [0, 0.1) is 11.8 Å². The van der Waals surface area contributed by atoms with E-state index in [-0.39, 0.29) is 104 Å². The number of piperazine rings is 1. The zero-order valence-corrected chi connectivity index (χ0v) is 26.1. The summed E-state index contributed by atoms with van der Waals surface area (Å²) in [4.78, 5) is 42.9. The summed E-state index contributed by atoms with van der Waals surface area (Å²) >= 11 is 6.20. The molecule has 1 aliphatic carbocycles. The van der Waals surface area contributed by atoms with Gasteiger partial charge in [-0.15, -0.1) is 0 Å². The van der Waals surface area contributed by atoms with Gasteiger partial charge in [-0.25, -0.2) is 22.2 Å². The van der Waals surface area contributed by atoms with Crippen LogP contribution in [0.5, 0.6) is 0 Å². The number of benzene rings is 1. The maximum atomic E-state index is 15.7. The summed E-state index contributed by atoms with van der Waals surface area (Å²) in [5.74, 6) is -5.65. The number of nitrogens with zero attached hydrogens (tertiary/aromatic N) is 4. The van der Waals surface area contributed by atoms with Crippen molar-refractivity contribution in [2.75, 3.05) is 49.1 Å². The molecule has 244 valence electrons. The Labute approximate surface area is 265 Å². The second-order valence-electron chi connectivity index (χ2n) is 11.7. The molecule has 1 saturated carbocycles. The van der Waals surface area contributed by atoms with E-state index in [1.807, 2.05) is 0 Å². The lowest BCUT2D eigenvalue weighted by molar-refractivity contribution is -0.131. The number of nitrogens with one attached hydrogen (secondary N) is 1. The molecule has 2 saturated heterocycles. The Kier molecular flexibility index (Phi) is 9.63. The van der Waals surface area contributed by atoms with E-state index in [2.05, 4.69) is 10.3 Å². The molecule has 2 aromatic rings. The smallest absolute Gasteiger partial charge is 0.276 e. The lowest BCUT2D eigenvalue weighted by Crippen LogP contribution is -2.49. The summed E-state index contributed by atoms with van der Waals surface area (Å²) in [5, 5.41) is 2.33. The molecule has 3 aliphatic rings. The number of halogens is 3. The summed E-state index contributed by atoms with van der Waals surface area (Å²) in [6, 6.07) is 8.27. The minimum absolute atomic E-state index is 0.0820. The molecule has 0 unspecified atom stereocenters. The van der Waals surface area contributed by atoms with E-state index in [9.17, 15) is 22.8 Å². The summed E-state index contributed by atoms with van der Waals surface area (Å²) in [5.41, 5.74) is 11.2. The molecule has 1 aromatic carbocycles. The van der Waals surface area contributed by atoms with Crippen molar-refractivity contribution >= 4 is 50.9 Å². The first kappa shape index (κ1) is 33.0. The van der Waals surface area contributed by atoms with Crippen LogP contribution in [0.3, 0.4) is 0 Å². The number of hydrogen-bond acceptors (Lipinski definition) is 8. The maximum absolute atomic E-state index is 15.7. The Morgan fingerprint density at radius 1 is 1.04 bits per heavy atom. The number of alkyl halides is 2. The van der Waals surface area contributed by atoms with Gasteiger partial charge < -0.3 is 26.6 Å². The number of pyridine rings is 1. The minimum Gasteiger partial charge on any atom is -0.368 e. The van der Waals surface area contributed by atoms with Crippen LogP contribution >= 0.6 is 11.6 Å². The quantitative estimate of drug-likeness (QED) is 0.340. The molecule has 45 heavy (non-hydrogen) atoms. The Morgan fingerprint density at radius 3 is 2.27 bits per heavy atom. The fourth-order valence-electron chi connectivity index (χ4n) is 6.20. The van der Waals surface area contributed by atoms with Gasteiger partial charge >= 0.3 is 0 Å². The van der Waals surface area contributed by atoms with Gasteiger partial charge in [-0.3, -0.25) is 14.4 Å². The number of carbonyl (C=O) groups excluding carboxylic acids is 3. The molecule has 3 amide bonds. The van der Waals surface area contributed by atoms with Crippen LogP contribution < -0.4 is 26.6 Å². The van der Waals surface area contributed by atoms with Crippen molar-refractivity contribution in [1.29, 1.82) is 0 Å². The number of sulfonamides is 1. The topological polar surface area (TPSA) is 172 Å². The minimum atomic E-state index is -3.84. The van der Waals surface area contributed by atoms with Gasteiger partial charge in [0.1, 0.15) is 11.0 Å². The van der Waals surface area contributed by atoms with E-state index in [0.29, 0.717) is 12.2 Å². The largest absolute Gasteiger partial charge is 0.368 e. The Morgan fingerprint density at radius 2 is 1.69 bits per heavy atom. The summed E-state index contributed by atoms with van der Waals surface area (Å²) < 4.78 is 59.5. The number of aromatic nitrogens is 1. The van der Waals surface area contributed by atoms with Crippen LogP contribution in [0.1, 0.15) is 37.7 Å². The highest BCUT2D eigenvalue weighted by Crippen LogP contribution is 2.46. The molecule has 1 aromatic heterocycles. The van der Waals surface area contributed by atoms with Crippen molar-refractivity contribution in [2.45, 2.75) is 49.0 Å². The van der Waals surface area contributed by atoms with Crippen molar-refractivity contribution in [3.63, 3.8) is 0 Å². The average Bonchev–Trinajstić information content (AvgIpc) is 3.37. The Hall–Kier alpha value is -3.40. The van der Waals surface area contributed by atoms with Gasteiger partial charge in [0.25, 0.3) is 5.92 Å². The van der Waals surface area contributed by atoms with Gasteiger partial charge in [-0.2, -0.15) is 4.31 Å². The molecular weight excluding hydrogens is 632 g/mol. The monoisotopic (exact) mass is 667 g/mol. The molecule has 0 spiro atoms. The first-order valence-corrected chi connectivity index (χ1v) is 16.6. The highest BCUT2D eigenvalue weighted by atomic mass is 35.5. The summed E-state index contributed by atoms with van der Waals surface area (Å²) in [6.07, 6.45) is 0.958. The molecule has 0 radical (unpaired) electrons. The second-order valence-corrected chi connectivity index (χ2v) is 14.1. The number of carbonyl (C=O) groups is 3. The van der Waals surface area contributed by atoms with E-state index < -0.39 is 33.7 Å². The third-order valence-corrected chi connectivity index (χ3v) is 10.8. The molecule has 5 N–H and O–H groups in total. The zero-order chi connectivity index (χ0) is 32.5. The molecule has 0 bridgehead atoms. The van der Waals surface area contributed by atoms with Crippen LogP contribution in [0.25, 0.3) is 0 Å². The summed E-state index contributed by atoms with van der Waals surface area (Å²) in [6.45, 7) is 0.704. The first-order valence-electron chi connectivity index (χ1n) is 14.8. The molecule has 3 heterocycles.